The second kappa shape index (κ2) is 3.52. The summed E-state index contributed by atoms with van der Waals surface area (Å²) >= 11 is 5.97. The smallest absolute Gasteiger partial charge is 0.149 e. The molecule has 14 heavy (non-hydrogen) atoms. The molecule has 1 nitrogen and oxygen atoms in total. The molecule has 1 aromatic rings. The van der Waals surface area contributed by atoms with E-state index in [2.05, 4.69) is 5.32 Å². The van der Waals surface area contributed by atoms with Crippen molar-refractivity contribution in [2.45, 2.75) is 25.1 Å². The van der Waals surface area contributed by atoms with E-state index >= 15 is 0 Å². The monoisotopic (exact) mass is 213 g/mol. The maximum atomic E-state index is 14.4. The molecule has 0 bridgehead atoms. The normalized spacial score (nSPS) is 25.2. The molecule has 2 unspecified atom stereocenters. The third kappa shape index (κ3) is 1.53. The first-order chi connectivity index (χ1) is 6.62. The van der Waals surface area contributed by atoms with Crippen LogP contribution in [0.4, 0.5) is 4.39 Å². The fourth-order valence-electron chi connectivity index (χ4n) is 1.80. The van der Waals surface area contributed by atoms with Crippen LogP contribution in [0.25, 0.3) is 0 Å². The summed E-state index contributed by atoms with van der Waals surface area (Å²) < 4.78 is 14.4. The van der Waals surface area contributed by atoms with Crippen molar-refractivity contribution in [3.8, 4) is 0 Å². The van der Waals surface area contributed by atoms with E-state index in [1.807, 2.05) is 12.1 Å². The summed E-state index contributed by atoms with van der Waals surface area (Å²) in [5.41, 5.74) is -0.782. The fraction of sp³-hybridized carbons (Fsp3) is 0.455. The zero-order valence-corrected chi connectivity index (χ0v) is 8.81. The van der Waals surface area contributed by atoms with Gasteiger partial charge in [0.05, 0.1) is 0 Å². The van der Waals surface area contributed by atoms with Gasteiger partial charge in [0.1, 0.15) is 5.67 Å². The molecule has 1 heterocycles. The summed E-state index contributed by atoms with van der Waals surface area (Å²) in [6, 6.07) is 7.02. The number of alkyl halides is 1. The largest absolute Gasteiger partial charge is 0.311 e. The van der Waals surface area contributed by atoms with Crippen molar-refractivity contribution < 1.29 is 4.39 Å². The standard InChI is InChI=1S/C11H13ClFN/c1-11(13,10-6-7-14-10)8-4-2-3-5-9(8)12/h2-5,10,14H,6-7H2,1H3. The predicted molar refractivity (Wildman–Crippen MR) is 56.3 cm³/mol. The van der Waals surface area contributed by atoms with Crippen LogP contribution in [0.1, 0.15) is 18.9 Å². The number of benzene rings is 1. The summed E-state index contributed by atoms with van der Waals surface area (Å²) in [7, 11) is 0. The van der Waals surface area contributed by atoms with Gasteiger partial charge in [0.2, 0.25) is 0 Å². The minimum absolute atomic E-state index is 0.0950. The highest BCUT2D eigenvalue weighted by Crippen LogP contribution is 2.37. The second-order valence-electron chi connectivity index (χ2n) is 3.85. The van der Waals surface area contributed by atoms with Crippen molar-refractivity contribution in [3.63, 3.8) is 0 Å². The van der Waals surface area contributed by atoms with E-state index in [-0.39, 0.29) is 6.04 Å². The Morgan fingerprint density at radius 3 is 2.64 bits per heavy atom. The van der Waals surface area contributed by atoms with Crippen LogP contribution in [-0.2, 0) is 5.67 Å². The SMILES string of the molecule is CC(F)(c1ccccc1Cl)C1CCN1. The van der Waals surface area contributed by atoms with Crippen molar-refractivity contribution in [3.05, 3.63) is 34.9 Å². The summed E-state index contributed by atoms with van der Waals surface area (Å²) in [5.74, 6) is 0. The minimum atomic E-state index is -1.36. The Morgan fingerprint density at radius 1 is 1.50 bits per heavy atom. The fourth-order valence-corrected chi connectivity index (χ4v) is 2.12. The number of hydrogen-bond acceptors (Lipinski definition) is 1. The van der Waals surface area contributed by atoms with Crippen molar-refractivity contribution in [1.82, 2.24) is 5.32 Å². The Labute approximate surface area is 88.3 Å². The molecule has 3 heteroatoms. The highest BCUT2D eigenvalue weighted by atomic mass is 35.5. The molecule has 1 N–H and O–H groups in total. The number of nitrogens with one attached hydrogen (secondary N) is 1. The first-order valence-electron chi connectivity index (χ1n) is 4.79. The van der Waals surface area contributed by atoms with Gasteiger partial charge in [-0.1, -0.05) is 29.8 Å². The van der Waals surface area contributed by atoms with Gasteiger partial charge in [-0.05, 0) is 26.0 Å². The van der Waals surface area contributed by atoms with E-state index in [1.54, 1.807) is 19.1 Å². The molecule has 1 aliphatic heterocycles. The molecular formula is C11H13ClFN. The van der Waals surface area contributed by atoms with Crippen molar-refractivity contribution >= 4 is 11.6 Å². The van der Waals surface area contributed by atoms with E-state index in [9.17, 15) is 4.39 Å². The Hall–Kier alpha value is -0.600. The molecule has 1 aromatic carbocycles. The molecular weight excluding hydrogens is 201 g/mol. The second-order valence-corrected chi connectivity index (χ2v) is 4.26. The third-order valence-electron chi connectivity index (χ3n) is 2.88. The highest BCUT2D eigenvalue weighted by Gasteiger charge is 2.40. The predicted octanol–water partition coefficient (Wildman–Crippen LogP) is 2.89. The zero-order chi connectivity index (χ0) is 10.2. The number of halogens is 2. The van der Waals surface area contributed by atoms with Gasteiger partial charge >= 0.3 is 0 Å². The van der Waals surface area contributed by atoms with Gasteiger partial charge < -0.3 is 5.32 Å². The third-order valence-corrected chi connectivity index (χ3v) is 3.21. The Balaban J connectivity index is 2.32. The van der Waals surface area contributed by atoms with Crippen LogP contribution in [0.15, 0.2) is 24.3 Å². The van der Waals surface area contributed by atoms with E-state index in [1.165, 1.54) is 0 Å². The summed E-state index contributed by atoms with van der Waals surface area (Å²) in [4.78, 5) is 0. The van der Waals surface area contributed by atoms with E-state index < -0.39 is 5.67 Å². The molecule has 2 rings (SSSR count). The molecule has 1 aliphatic rings. The summed E-state index contributed by atoms with van der Waals surface area (Å²) in [6.45, 7) is 2.49. The average molecular weight is 214 g/mol. The highest BCUT2D eigenvalue weighted by molar-refractivity contribution is 6.31. The van der Waals surface area contributed by atoms with Gasteiger partial charge in [-0.3, -0.25) is 0 Å². The number of hydrogen-bond donors (Lipinski definition) is 1. The molecule has 1 saturated heterocycles. The number of rotatable bonds is 2. The van der Waals surface area contributed by atoms with Crippen LogP contribution < -0.4 is 5.32 Å². The van der Waals surface area contributed by atoms with E-state index in [0.717, 1.165) is 13.0 Å². The van der Waals surface area contributed by atoms with Crippen LogP contribution in [0.5, 0.6) is 0 Å². The maximum Gasteiger partial charge on any atom is 0.149 e. The lowest BCUT2D eigenvalue weighted by Gasteiger charge is -2.38. The molecule has 76 valence electrons. The molecule has 0 aliphatic carbocycles. The van der Waals surface area contributed by atoms with Gasteiger partial charge in [-0.15, -0.1) is 0 Å². The Morgan fingerprint density at radius 2 is 2.14 bits per heavy atom. The quantitative estimate of drug-likeness (QED) is 0.797. The maximum absolute atomic E-state index is 14.4. The lowest BCUT2D eigenvalue weighted by Crippen LogP contribution is -2.53. The van der Waals surface area contributed by atoms with Gasteiger partial charge in [-0.2, -0.15) is 0 Å². The molecule has 0 saturated carbocycles. The lowest BCUT2D eigenvalue weighted by molar-refractivity contribution is 0.0859. The Bertz CT molecular complexity index is 334. The molecule has 0 aromatic heterocycles. The van der Waals surface area contributed by atoms with Crippen molar-refractivity contribution in [2.24, 2.45) is 0 Å². The molecule has 0 amide bonds. The van der Waals surface area contributed by atoms with Crippen molar-refractivity contribution in [1.29, 1.82) is 0 Å². The van der Waals surface area contributed by atoms with Gasteiger partial charge in [0.15, 0.2) is 0 Å². The van der Waals surface area contributed by atoms with Gasteiger partial charge in [0, 0.05) is 16.6 Å². The van der Waals surface area contributed by atoms with Crippen LogP contribution in [0, 0.1) is 0 Å². The van der Waals surface area contributed by atoms with Gasteiger partial charge in [-0.25, -0.2) is 4.39 Å². The molecule has 1 fully saturated rings. The molecule has 0 radical (unpaired) electrons. The zero-order valence-electron chi connectivity index (χ0n) is 8.06. The van der Waals surface area contributed by atoms with E-state index in [4.69, 9.17) is 11.6 Å². The van der Waals surface area contributed by atoms with Crippen LogP contribution in [0.3, 0.4) is 0 Å². The molecule has 0 spiro atoms. The topological polar surface area (TPSA) is 12.0 Å². The minimum Gasteiger partial charge on any atom is -0.311 e. The van der Waals surface area contributed by atoms with Gasteiger partial charge in [0.25, 0.3) is 0 Å². The van der Waals surface area contributed by atoms with Crippen LogP contribution >= 0.6 is 11.6 Å². The first-order valence-corrected chi connectivity index (χ1v) is 5.17. The average Bonchev–Trinajstić information content (AvgIpc) is 2.00. The van der Waals surface area contributed by atoms with Crippen molar-refractivity contribution in [2.75, 3.05) is 6.54 Å². The van der Waals surface area contributed by atoms with Crippen LogP contribution in [-0.4, -0.2) is 12.6 Å². The summed E-state index contributed by atoms with van der Waals surface area (Å²) in [5, 5.41) is 3.58. The Kier molecular flexibility index (Phi) is 2.50. The van der Waals surface area contributed by atoms with E-state index in [0.29, 0.717) is 10.6 Å². The lowest BCUT2D eigenvalue weighted by atomic mass is 9.84. The van der Waals surface area contributed by atoms with Crippen LogP contribution in [0.2, 0.25) is 5.02 Å². The first kappa shape index (κ1) is 9.94. The molecule has 2 atom stereocenters. The summed E-state index contributed by atoms with van der Waals surface area (Å²) in [6.07, 6.45) is 0.873.